The number of rotatable bonds is 4. The summed E-state index contributed by atoms with van der Waals surface area (Å²) < 4.78 is 0. The first-order valence-electron chi connectivity index (χ1n) is 7.24. The summed E-state index contributed by atoms with van der Waals surface area (Å²) in [5, 5.41) is 4.49. The largest absolute Gasteiger partial charge is 0.310 e. The lowest BCUT2D eigenvalue weighted by atomic mass is 9.99. The highest BCUT2D eigenvalue weighted by Gasteiger charge is 2.13. The van der Waals surface area contributed by atoms with E-state index in [1.54, 1.807) is 0 Å². The van der Waals surface area contributed by atoms with Crippen LogP contribution < -0.4 is 5.32 Å². The van der Waals surface area contributed by atoms with Crippen molar-refractivity contribution in [2.24, 2.45) is 5.92 Å². The van der Waals surface area contributed by atoms with E-state index >= 15 is 0 Å². The summed E-state index contributed by atoms with van der Waals surface area (Å²) >= 11 is 6.03. The van der Waals surface area contributed by atoms with Crippen LogP contribution in [0.25, 0.3) is 0 Å². The van der Waals surface area contributed by atoms with Crippen LogP contribution in [0, 0.1) is 5.92 Å². The van der Waals surface area contributed by atoms with Gasteiger partial charge in [0.15, 0.2) is 0 Å². The molecule has 18 heavy (non-hydrogen) atoms. The SMILES string of the molecule is C[C@H](NCC1CCCCCC1)c1cccc(Cl)c1. The lowest BCUT2D eigenvalue weighted by molar-refractivity contribution is 0.403. The second-order valence-electron chi connectivity index (χ2n) is 5.54. The van der Waals surface area contributed by atoms with Crippen molar-refractivity contribution in [3.8, 4) is 0 Å². The lowest BCUT2D eigenvalue weighted by Crippen LogP contribution is -2.25. The van der Waals surface area contributed by atoms with Crippen LogP contribution in [0.1, 0.15) is 57.1 Å². The number of nitrogens with one attached hydrogen (secondary N) is 1. The van der Waals surface area contributed by atoms with Crippen LogP contribution >= 0.6 is 11.6 Å². The van der Waals surface area contributed by atoms with Gasteiger partial charge in [0, 0.05) is 11.1 Å². The zero-order valence-corrected chi connectivity index (χ0v) is 12.0. The predicted octanol–water partition coefficient (Wildman–Crippen LogP) is 4.96. The van der Waals surface area contributed by atoms with Gasteiger partial charge in [0.05, 0.1) is 0 Å². The van der Waals surface area contributed by atoms with E-state index in [-0.39, 0.29) is 0 Å². The molecule has 0 spiro atoms. The zero-order chi connectivity index (χ0) is 12.8. The molecule has 0 radical (unpaired) electrons. The van der Waals surface area contributed by atoms with Crippen molar-refractivity contribution in [2.75, 3.05) is 6.54 Å². The molecule has 1 aromatic rings. The minimum atomic E-state index is 0.395. The molecule has 1 aromatic carbocycles. The average Bonchev–Trinajstić information content (AvgIpc) is 2.64. The number of hydrogen-bond donors (Lipinski definition) is 1. The molecule has 1 nitrogen and oxygen atoms in total. The maximum atomic E-state index is 6.03. The third-order valence-electron chi connectivity index (χ3n) is 4.04. The van der Waals surface area contributed by atoms with Gasteiger partial charge in [-0.2, -0.15) is 0 Å². The van der Waals surface area contributed by atoms with Gasteiger partial charge in [0.2, 0.25) is 0 Å². The molecule has 0 bridgehead atoms. The van der Waals surface area contributed by atoms with Gasteiger partial charge in [0.25, 0.3) is 0 Å². The van der Waals surface area contributed by atoms with Gasteiger partial charge in [-0.3, -0.25) is 0 Å². The van der Waals surface area contributed by atoms with Crippen LogP contribution in [0.5, 0.6) is 0 Å². The minimum Gasteiger partial charge on any atom is -0.310 e. The third kappa shape index (κ3) is 4.29. The monoisotopic (exact) mass is 265 g/mol. The van der Waals surface area contributed by atoms with Gasteiger partial charge in [-0.15, -0.1) is 0 Å². The Bertz CT molecular complexity index is 356. The first kappa shape index (κ1) is 13.9. The molecule has 0 unspecified atom stereocenters. The van der Waals surface area contributed by atoms with Crippen molar-refractivity contribution in [3.05, 3.63) is 34.9 Å². The van der Waals surface area contributed by atoms with Gasteiger partial charge in [-0.1, -0.05) is 49.4 Å². The number of halogens is 1. The maximum absolute atomic E-state index is 6.03. The van der Waals surface area contributed by atoms with E-state index in [1.807, 2.05) is 12.1 Å². The fourth-order valence-electron chi connectivity index (χ4n) is 2.81. The molecule has 0 saturated heterocycles. The predicted molar refractivity (Wildman–Crippen MR) is 79.1 cm³/mol. The molecule has 2 rings (SSSR count). The minimum absolute atomic E-state index is 0.395. The highest BCUT2D eigenvalue weighted by atomic mass is 35.5. The highest BCUT2D eigenvalue weighted by Crippen LogP contribution is 2.23. The highest BCUT2D eigenvalue weighted by molar-refractivity contribution is 6.30. The van der Waals surface area contributed by atoms with Crippen LogP contribution in [-0.4, -0.2) is 6.54 Å². The van der Waals surface area contributed by atoms with Crippen molar-refractivity contribution in [2.45, 2.75) is 51.5 Å². The van der Waals surface area contributed by atoms with E-state index in [0.717, 1.165) is 17.5 Å². The quantitative estimate of drug-likeness (QED) is 0.759. The normalized spacial score (nSPS) is 19.4. The number of hydrogen-bond acceptors (Lipinski definition) is 1. The summed E-state index contributed by atoms with van der Waals surface area (Å²) in [5.74, 6) is 0.870. The Hall–Kier alpha value is -0.530. The molecule has 1 aliphatic rings. The zero-order valence-electron chi connectivity index (χ0n) is 11.3. The second kappa shape index (κ2) is 7.16. The molecule has 100 valence electrons. The summed E-state index contributed by atoms with van der Waals surface area (Å²) in [6, 6.07) is 8.57. The number of benzene rings is 1. The molecule has 0 amide bonds. The Kier molecular flexibility index (Phi) is 5.52. The Morgan fingerprint density at radius 3 is 2.61 bits per heavy atom. The second-order valence-corrected chi connectivity index (χ2v) is 5.98. The summed E-state index contributed by atoms with van der Waals surface area (Å²) in [4.78, 5) is 0. The average molecular weight is 266 g/mol. The summed E-state index contributed by atoms with van der Waals surface area (Å²) in [5.41, 5.74) is 1.29. The molecule has 0 heterocycles. The Morgan fingerprint density at radius 1 is 1.22 bits per heavy atom. The Balaban J connectivity index is 1.82. The van der Waals surface area contributed by atoms with Crippen LogP contribution in [0.4, 0.5) is 0 Å². The molecule has 1 fully saturated rings. The molecule has 1 saturated carbocycles. The van der Waals surface area contributed by atoms with E-state index in [4.69, 9.17) is 11.6 Å². The van der Waals surface area contributed by atoms with E-state index in [9.17, 15) is 0 Å². The molecule has 0 aromatic heterocycles. The lowest BCUT2D eigenvalue weighted by Gasteiger charge is -2.19. The first-order chi connectivity index (χ1) is 8.75. The van der Waals surface area contributed by atoms with Crippen LogP contribution in [-0.2, 0) is 0 Å². The summed E-state index contributed by atoms with van der Waals surface area (Å²) in [7, 11) is 0. The molecule has 0 aliphatic heterocycles. The van der Waals surface area contributed by atoms with Crippen LogP contribution in [0.2, 0.25) is 5.02 Å². The van der Waals surface area contributed by atoms with Crippen molar-refractivity contribution in [3.63, 3.8) is 0 Å². The van der Waals surface area contributed by atoms with Crippen molar-refractivity contribution in [1.82, 2.24) is 5.32 Å². The fraction of sp³-hybridized carbons (Fsp3) is 0.625. The van der Waals surface area contributed by atoms with E-state index in [2.05, 4.69) is 24.4 Å². The molecular weight excluding hydrogens is 242 g/mol. The fourth-order valence-corrected chi connectivity index (χ4v) is 3.00. The Morgan fingerprint density at radius 2 is 1.94 bits per heavy atom. The molecular formula is C16H24ClN. The van der Waals surface area contributed by atoms with Gasteiger partial charge in [-0.05, 0) is 49.9 Å². The topological polar surface area (TPSA) is 12.0 Å². The third-order valence-corrected chi connectivity index (χ3v) is 4.27. The standard InChI is InChI=1S/C16H24ClN/c1-13(15-9-6-10-16(17)11-15)18-12-14-7-4-2-3-5-8-14/h6,9-11,13-14,18H,2-5,7-8,12H2,1H3/t13-/m0/s1. The summed E-state index contributed by atoms with van der Waals surface area (Å²) in [6.45, 7) is 3.37. The van der Waals surface area contributed by atoms with E-state index < -0.39 is 0 Å². The van der Waals surface area contributed by atoms with E-state index in [1.165, 1.54) is 44.1 Å². The van der Waals surface area contributed by atoms with E-state index in [0.29, 0.717) is 6.04 Å². The van der Waals surface area contributed by atoms with Crippen LogP contribution in [0.3, 0.4) is 0 Å². The first-order valence-corrected chi connectivity index (χ1v) is 7.62. The van der Waals surface area contributed by atoms with Gasteiger partial charge >= 0.3 is 0 Å². The molecule has 1 aliphatic carbocycles. The van der Waals surface area contributed by atoms with Gasteiger partial charge < -0.3 is 5.32 Å². The molecule has 1 atom stereocenters. The van der Waals surface area contributed by atoms with Crippen molar-refractivity contribution >= 4 is 11.6 Å². The molecule has 2 heteroatoms. The van der Waals surface area contributed by atoms with Crippen LogP contribution in [0.15, 0.2) is 24.3 Å². The summed E-state index contributed by atoms with van der Waals surface area (Å²) in [6.07, 6.45) is 8.49. The van der Waals surface area contributed by atoms with Gasteiger partial charge in [-0.25, -0.2) is 0 Å². The van der Waals surface area contributed by atoms with Gasteiger partial charge in [0.1, 0.15) is 0 Å². The van der Waals surface area contributed by atoms with Crippen molar-refractivity contribution in [1.29, 1.82) is 0 Å². The molecule has 1 N–H and O–H groups in total. The Labute approximate surface area is 116 Å². The van der Waals surface area contributed by atoms with Crippen molar-refractivity contribution < 1.29 is 0 Å². The maximum Gasteiger partial charge on any atom is 0.0409 e. The smallest absolute Gasteiger partial charge is 0.0409 e.